The average Bonchev–Trinajstić information content (AvgIpc) is 3.27. The van der Waals surface area contributed by atoms with Crippen LogP contribution in [0.3, 0.4) is 0 Å². The molecule has 7 heteroatoms. The van der Waals surface area contributed by atoms with E-state index in [1.54, 1.807) is 28.9 Å². The minimum atomic E-state index is -0.358. The van der Waals surface area contributed by atoms with Gasteiger partial charge in [-0.15, -0.1) is 5.10 Å². The van der Waals surface area contributed by atoms with Gasteiger partial charge in [0.05, 0.1) is 0 Å². The number of fused-ring (bicyclic) bond motifs is 1. The van der Waals surface area contributed by atoms with Crippen molar-refractivity contribution in [1.82, 2.24) is 19.7 Å². The first-order valence-electron chi connectivity index (χ1n) is 11.4. The normalized spacial score (nSPS) is 13.1. The Morgan fingerprint density at radius 2 is 1.59 bits per heavy atom. The van der Waals surface area contributed by atoms with E-state index in [-0.39, 0.29) is 24.1 Å². The summed E-state index contributed by atoms with van der Waals surface area (Å²) in [4.78, 5) is 19.7. The Morgan fingerprint density at radius 1 is 0.912 bits per heavy atom. The molecule has 0 saturated heterocycles. The lowest BCUT2D eigenvalue weighted by molar-refractivity contribution is -0.132. The smallest absolute Gasteiger partial charge is 0.244 e. The van der Waals surface area contributed by atoms with Crippen LogP contribution in [-0.2, 0) is 30.7 Å². The fourth-order valence-electron chi connectivity index (χ4n) is 4.25. The largest absolute Gasteiger partial charge is 0.336 e. The number of nitrogens with zero attached hydrogens (tertiary/aromatic N) is 4. The Labute approximate surface area is 196 Å². The molecule has 1 aromatic heterocycles. The van der Waals surface area contributed by atoms with Crippen LogP contribution in [0.5, 0.6) is 0 Å². The van der Waals surface area contributed by atoms with E-state index in [1.165, 1.54) is 41.0 Å². The Kier molecular flexibility index (Phi) is 5.92. The fraction of sp³-hybridized carbons (Fsp3) is 0.222. The van der Waals surface area contributed by atoms with Crippen LogP contribution in [0.1, 0.15) is 23.6 Å². The van der Waals surface area contributed by atoms with Crippen LogP contribution in [0.4, 0.5) is 8.78 Å². The second-order valence-corrected chi connectivity index (χ2v) is 8.45. The molecule has 1 amide bonds. The Bertz CT molecular complexity index is 1330. The molecule has 1 aliphatic heterocycles. The maximum atomic E-state index is 13.5. The highest BCUT2D eigenvalue weighted by Crippen LogP contribution is 2.25. The van der Waals surface area contributed by atoms with Crippen LogP contribution < -0.4 is 0 Å². The van der Waals surface area contributed by atoms with Gasteiger partial charge < -0.3 is 4.90 Å². The van der Waals surface area contributed by atoms with E-state index in [0.717, 1.165) is 12.8 Å². The van der Waals surface area contributed by atoms with E-state index in [4.69, 9.17) is 0 Å². The van der Waals surface area contributed by atoms with Crippen molar-refractivity contribution in [2.45, 2.75) is 32.9 Å². The minimum absolute atomic E-state index is 0.00326. The number of carbonyl (C=O) groups is 1. The second-order valence-electron chi connectivity index (χ2n) is 8.45. The molecule has 0 bridgehead atoms. The van der Waals surface area contributed by atoms with Gasteiger partial charge in [-0.3, -0.25) is 4.79 Å². The summed E-state index contributed by atoms with van der Waals surface area (Å²) in [6, 6.07) is 18.2. The molecule has 1 aliphatic rings. The van der Waals surface area contributed by atoms with E-state index in [2.05, 4.69) is 35.2 Å². The topological polar surface area (TPSA) is 51.0 Å². The van der Waals surface area contributed by atoms with Crippen LogP contribution in [0, 0.1) is 11.6 Å². The zero-order chi connectivity index (χ0) is 23.7. The van der Waals surface area contributed by atoms with Crippen LogP contribution in [-0.4, -0.2) is 32.1 Å². The summed E-state index contributed by atoms with van der Waals surface area (Å²) in [6.45, 7) is 3.34. The first-order chi connectivity index (χ1) is 16.5. The third kappa shape index (κ3) is 4.46. The highest BCUT2D eigenvalue weighted by atomic mass is 19.1. The van der Waals surface area contributed by atoms with Crippen molar-refractivity contribution in [3.05, 3.63) is 95.1 Å². The fourth-order valence-corrected chi connectivity index (χ4v) is 4.25. The van der Waals surface area contributed by atoms with Crippen molar-refractivity contribution < 1.29 is 13.6 Å². The molecule has 0 aliphatic carbocycles. The van der Waals surface area contributed by atoms with E-state index >= 15 is 0 Å². The molecule has 5 nitrogen and oxygen atoms in total. The monoisotopic (exact) mass is 458 g/mol. The molecule has 0 spiro atoms. The Balaban J connectivity index is 1.43. The number of amides is 1. The van der Waals surface area contributed by atoms with Crippen molar-refractivity contribution in [3.8, 4) is 22.8 Å². The maximum absolute atomic E-state index is 13.5. The Hall–Kier alpha value is -3.87. The third-order valence-electron chi connectivity index (χ3n) is 6.21. The van der Waals surface area contributed by atoms with Gasteiger partial charge in [-0.2, -0.15) is 0 Å². The average molecular weight is 459 g/mol. The van der Waals surface area contributed by atoms with Gasteiger partial charge in [-0.1, -0.05) is 25.1 Å². The lowest BCUT2D eigenvalue weighted by Gasteiger charge is -2.29. The van der Waals surface area contributed by atoms with Crippen LogP contribution in [0.2, 0.25) is 0 Å². The molecular formula is C27H24F2N4O. The van der Waals surface area contributed by atoms with E-state index in [9.17, 15) is 13.6 Å². The van der Waals surface area contributed by atoms with Crippen molar-refractivity contribution >= 4 is 5.91 Å². The third-order valence-corrected chi connectivity index (χ3v) is 6.21. The lowest BCUT2D eigenvalue weighted by atomic mass is 9.96. The second kappa shape index (κ2) is 9.17. The summed E-state index contributed by atoms with van der Waals surface area (Å²) < 4.78 is 28.4. The van der Waals surface area contributed by atoms with Crippen molar-refractivity contribution in [2.24, 2.45) is 0 Å². The molecule has 172 valence electrons. The van der Waals surface area contributed by atoms with Crippen molar-refractivity contribution in [1.29, 1.82) is 0 Å². The number of hydrogen-bond donors (Lipinski definition) is 0. The molecule has 34 heavy (non-hydrogen) atoms. The van der Waals surface area contributed by atoms with Gasteiger partial charge in [0.25, 0.3) is 0 Å². The number of aryl methyl sites for hydroxylation is 1. The zero-order valence-corrected chi connectivity index (χ0v) is 18.8. The summed E-state index contributed by atoms with van der Waals surface area (Å²) in [5.74, 6) is 0.0569. The van der Waals surface area contributed by atoms with Gasteiger partial charge in [0.2, 0.25) is 5.91 Å². The lowest BCUT2D eigenvalue weighted by Crippen LogP contribution is -2.38. The molecule has 0 fully saturated rings. The van der Waals surface area contributed by atoms with Gasteiger partial charge in [-0.25, -0.2) is 18.4 Å². The molecule has 5 rings (SSSR count). The van der Waals surface area contributed by atoms with Gasteiger partial charge in [0.1, 0.15) is 18.2 Å². The standard InChI is InChI=1S/C27H24F2N4O/c1-2-18-3-4-22-16-32(14-13-21(22)15-18)25(34)17-33-27(20-7-11-24(29)12-8-20)30-26(31-33)19-5-9-23(28)10-6-19/h3-12,15H,2,13-14,16-17H2,1H3. The molecule has 0 N–H and O–H groups in total. The highest BCUT2D eigenvalue weighted by Gasteiger charge is 2.23. The van der Waals surface area contributed by atoms with Gasteiger partial charge >= 0.3 is 0 Å². The molecule has 3 aromatic carbocycles. The van der Waals surface area contributed by atoms with Crippen LogP contribution in [0.15, 0.2) is 66.7 Å². The SMILES string of the molecule is CCc1ccc2c(c1)CCN(C(=O)Cn1nc(-c3ccc(F)cc3)nc1-c1ccc(F)cc1)C2. The predicted molar refractivity (Wildman–Crippen MR) is 126 cm³/mol. The summed E-state index contributed by atoms with van der Waals surface area (Å²) >= 11 is 0. The quantitative estimate of drug-likeness (QED) is 0.421. The Morgan fingerprint density at radius 3 is 2.26 bits per heavy atom. The maximum Gasteiger partial charge on any atom is 0.244 e. The molecule has 0 atom stereocenters. The molecule has 2 heterocycles. The number of aromatic nitrogens is 3. The number of hydrogen-bond acceptors (Lipinski definition) is 3. The number of carbonyl (C=O) groups excluding carboxylic acids is 1. The molecule has 0 unspecified atom stereocenters. The molecule has 0 radical (unpaired) electrons. The first kappa shape index (κ1) is 21.9. The van der Waals surface area contributed by atoms with Crippen molar-refractivity contribution in [3.63, 3.8) is 0 Å². The van der Waals surface area contributed by atoms with E-state index in [1.807, 2.05) is 4.90 Å². The van der Waals surface area contributed by atoms with E-state index in [0.29, 0.717) is 35.9 Å². The predicted octanol–water partition coefficient (Wildman–Crippen LogP) is 5.04. The van der Waals surface area contributed by atoms with Gasteiger partial charge in [0, 0.05) is 24.2 Å². The summed E-state index contributed by atoms with van der Waals surface area (Å²) in [5.41, 5.74) is 5.05. The minimum Gasteiger partial charge on any atom is -0.336 e. The number of benzene rings is 3. The first-order valence-corrected chi connectivity index (χ1v) is 11.4. The highest BCUT2D eigenvalue weighted by molar-refractivity contribution is 5.77. The number of rotatable bonds is 5. The zero-order valence-electron chi connectivity index (χ0n) is 18.8. The summed E-state index contributed by atoms with van der Waals surface area (Å²) in [5, 5.41) is 4.55. The van der Waals surface area contributed by atoms with Gasteiger partial charge in [0.15, 0.2) is 11.6 Å². The molecule has 4 aromatic rings. The molecular weight excluding hydrogens is 434 g/mol. The number of halogens is 2. The van der Waals surface area contributed by atoms with Gasteiger partial charge in [-0.05, 0) is 78.1 Å². The van der Waals surface area contributed by atoms with E-state index < -0.39 is 0 Å². The van der Waals surface area contributed by atoms with Crippen LogP contribution in [0.25, 0.3) is 22.8 Å². The van der Waals surface area contributed by atoms with Crippen molar-refractivity contribution in [2.75, 3.05) is 6.54 Å². The summed E-state index contributed by atoms with van der Waals surface area (Å²) in [7, 11) is 0. The summed E-state index contributed by atoms with van der Waals surface area (Å²) in [6.07, 6.45) is 1.81. The van der Waals surface area contributed by atoms with Crippen LogP contribution >= 0.6 is 0 Å². The molecule has 0 saturated carbocycles.